The van der Waals surface area contributed by atoms with E-state index in [1.54, 1.807) is 0 Å². The van der Waals surface area contributed by atoms with Crippen molar-refractivity contribution in [2.45, 2.75) is 52.6 Å². The first-order chi connectivity index (χ1) is 8.62. The van der Waals surface area contributed by atoms with Crippen molar-refractivity contribution < 1.29 is 8.97 Å². The van der Waals surface area contributed by atoms with Crippen molar-refractivity contribution >= 4 is 12.7 Å². The summed E-state index contributed by atoms with van der Waals surface area (Å²) < 4.78 is 1.47. The van der Waals surface area contributed by atoms with Gasteiger partial charge in [-0.05, 0) is 41.5 Å². The maximum Gasteiger partial charge on any atom is 0.227 e. The Bertz CT molecular complexity index is 401. The fourth-order valence-corrected chi connectivity index (χ4v) is 2.48. The van der Waals surface area contributed by atoms with E-state index in [1.807, 2.05) is 25.1 Å². The van der Waals surface area contributed by atoms with Crippen molar-refractivity contribution in [3.05, 3.63) is 24.8 Å². The minimum Gasteiger partial charge on any atom is -0.206 e. The molecule has 2 heterocycles. The molecule has 0 N–H and O–H groups in total. The van der Waals surface area contributed by atoms with Crippen LogP contribution in [0, 0.1) is 0 Å². The standard InChI is InChI=1S/C15H26N4/c1-14(2,3)18(9-7-16-11-18)13-19(15(4,5)6)10-8-17-12-19/h7-12H,13H2,1-6H3/q+2. The average Bonchev–Trinajstić information content (AvgIpc) is 2.86. The predicted molar refractivity (Wildman–Crippen MR) is 80.2 cm³/mol. The van der Waals surface area contributed by atoms with E-state index in [0.29, 0.717) is 0 Å². The Labute approximate surface area is 116 Å². The van der Waals surface area contributed by atoms with Crippen molar-refractivity contribution in [2.75, 3.05) is 6.67 Å². The Morgan fingerprint density at radius 1 is 0.737 bits per heavy atom. The second-order valence-corrected chi connectivity index (χ2v) is 7.47. The molecule has 4 heteroatoms. The van der Waals surface area contributed by atoms with Crippen LogP contribution in [0.4, 0.5) is 0 Å². The molecule has 0 spiro atoms. The third-order valence-electron chi connectivity index (χ3n) is 4.35. The summed E-state index contributed by atoms with van der Waals surface area (Å²) in [5.41, 5.74) is 0.133. The zero-order valence-corrected chi connectivity index (χ0v) is 13.0. The van der Waals surface area contributed by atoms with Gasteiger partial charge in [0.05, 0.1) is 12.4 Å². The van der Waals surface area contributed by atoms with E-state index in [4.69, 9.17) is 0 Å². The van der Waals surface area contributed by atoms with Gasteiger partial charge in [0.1, 0.15) is 23.5 Å². The van der Waals surface area contributed by atoms with Crippen molar-refractivity contribution in [2.24, 2.45) is 9.98 Å². The number of rotatable bonds is 2. The number of quaternary nitrogens is 2. The van der Waals surface area contributed by atoms with Crippen LogP contribution in [0.1, 0.15) is 41.5 Å². The van der Waals surface area contributed by atoms with Crippen LogP contribution < -0.4 is 0 Å². The first-order valence-electron chi connectivity index (χ1n) is 6.81. The third kappa shape index (κ3) is 2.19. The Hall–Kier alpha value is -1.26. The van der Waals surface area contributed by atoms with Crippen LogP contribution in [0.15, 0.2) is 34.8 Å². The van der Waals surface area contributed by atoms with E-state index in [-0.39, 0.29) is 11.1 Å². The summed E-state index contributed by atoms with van der Waals surface area (Å²) in [4.78, 5) is 8.69. The van der Waals surface area contributed by atoms with Gasteiger partial charge in [-0.1, -0.05) is 0 Å². The lowest BCUT2D eigenvalue weighted by Gasteiger charge is -2.48. The minimum absolute atomic E-state index is 0.0667. The molecule has 0 aromatic rings. The summed E-state index contributed by atoms with van der Waals surface area (Å²) in [5, 5.41) is 0. The lowest BCUT2D eigenvalue weighted by atomic mass is 10.0. The van der Waals surface area contributed by atoms with Crippen LogP contribution in [-0.2, 0) is 0 Å². The Morgan fingerprint density at radius 3 is 1.32 bits per heavy atom. The third-order valence-corrected chi connectivity index (χ3v) is 4.35. The second-order valence-electron chi connectivity index (χ2n) is 7.47. The molecule has 2 rings (SSSR count). The molecule has 0 aromatic heterocycles. The van der Waals surface area contributed by atoms with Gasteiger partial charge in [-0.2, -0.15) is 0 Å². The molecule has 0 radical (unpaired) electrons. The van der Waals surface area contributed by atoms with Gasteiger partial charge >= 0.3 is 0 Å². The Balaban J connectivity index is 2.43. The average molecular weight is 262 g/mol. The molecule has 2 atom stereocenters. The fraction of sp³-hybridized carbons (Fsp3) is 0.600. The van der Waals surface area contributed by atoms with Crippen LogP contribution in [0.5, 0.6) is 0 Å². The molecule has 0 aliphatic carbocycles. The molecular formula is C15H26N4+2. The molecule has 4 nitrogen and oxygen atoms in total. The van der Waals surface area contributed by atoms with E-state index < -0.39 is 0 Å². The molecule has 0 amide bonds. The fourth-order valence-electron chi connectivity index (χ4n) is 2.48. The molecule has 0 saturated carbocycles. The van der Waals surface area contributed by atoms with Crippen molar-refractivity contribution in [1.82, 2.24) is 0 Å². The largest absolute Gasteiger partial charge is 0.227 e. The predicted octanol–water partition coefficient (Wildman–Crippen LogP) is 3.20. The summed E-state index contributed by atoms with van der Waals surface area (Å²) in [5.74, 6) is 0. The molecule has 0 fully saturated rings. The van der Waals surface area contributed by atoms with E-state index in [0.717, 1.165) is 15.6 Å². The van der Waals surface area contributed by atoms with Crippen molar-refractivity contribution in [3.8, 4) is 0 Å². The second kappa shape index (κ2) is 4.12. The van der Waals surface area contributed by atoms with E-state index in [9.17, 15) is 0 Å². The van der Waals surface area contributed by atoms with Crippen LogP contribution in [0.3, 0.4) is 0 Å². The summed E-state index contributed by atoms with van der Waals surface area (Å²) in [6.07, 6.45) is 12.3. The van der Waals surface area contributed by atoms with E-state index in [2.05, 4.69) is 63.9 Å². The van der Waals surface area contributed by atoms with Crippen LogP contribution in [-0.4, -0.2) is 39.4 Å². The SMILES string of the molecule is CC(C)(C)[N+]1(C[N+]2(C(C)(C)C)C=CN=C2)C=CN=C1. The van der Waals surface area contributed by atoms with E-state index >= 15 is 0 Å². The van der Waals surface area contributed by atoms with Gasteiger partial charge in [0.15, 0.2) is 12.7 Å². The Kier molecular flexibility index (Phi) is 3.07. The maximum absolute atomic E-state index is 4.35. The maximum atomic E-state index is 4.35. The quantitative estimate of drug-likeness (QED) is 0.683. The zero-order valence-electron chi connectivity index (χ0n) is 13.0. The van der Waals surface area contributed by atoms with Crippen molar-refractivity contribution in [3.63, 3.8) is 0 Å². The van der Waals surface area contributed by atoms with Gasteiger partial charge in [-0.25, -0.2) is 19.0 Å². The molecule has 2 unspecified atom stereocenters. The lowest BCUT2D eigenvalue weighted by molar-refractivity contribution is -1.01. The molecule has 0 saturated heterocycles. The van der Waals surface area contributed by atoms with Gasteiger partial charge in [0.25, 0.3) is 0 Å². The van der Waals surface area contributed by atoms with Crippen LogP contribution in [0.25, 0.3) is 0 Å². The molecule has 0 aromatic carbocycles. The highest BCUT2D eigenvalue weighted by atomic mass is 15.6. The highest BCUT2D eigenvalue weighted by Crippen LogP contribution is 2.35. The highest BCUT2D eigenvalue weighted by molar-refractivity contribution is 5.54. The van der Waals surface area contributed by atoms with Gasteiger partial charge in [-0.3, -0.25) is 0 Å². The number of nitrogens with zero attached hydrogens (tertiary/aromatic N) is 4. The first-order valence-corrected chi connectivity index (χ1v) is 6.81. The smallest absolute Gasteiger partial charge is 0.206 e. The molecule has 2 aliphatic heterocycles. The summed E-state index contributed by atoms with van der Waals surface area (Å²) >= 11 is 0. The topological polar surface area (TPSA) is 24.7 Å². The number of hydrogen-bond acceptors (Lipinski definition) is 2. The monoisotopic (exact) mass is 262 g/mol. The molecule has 0 bridgehead atoms. The van der Waals surface area contributed by atoms with Gasteiger partial charge in [-0.15, -0.1) is 0 Å². The lowest BCUT2D eigenvalue weighted by Crippen LogP contribution is -2.67. The van der Waals surface area contributed by atoms with Crippen LogP contribution in [0.2, 0.25) is 0 Å². The number of hydrogen-bond donors (Lipinski definition) is 0. The van der Waals surface area contributed by atoms with Gasteiger partial charge in [0.2, 0.25) is 6.67 Å². The summed E-state index contributed by atoms with van der Waals surface area (Å²) in [6, 6.07) is 0. The van der Waals surface area contributed by atoms with Crippen molar-refractivity contribution in [1.29, 1.82) is 0 Å². The van der Waals surface area contributed by atoms with Gasteiger partial charge in [0, 0.05) is 0 Å². The molecule has 19 heavy (non-hydrogen) atoms. The highest BCUT2D eigenvalue weighted by Gasteiger charge is 2.51. The Morgan fingerprint density at radius 2 is 1.11 bits per heavy atom. The zero-order chi connectivity index (χ0) is 14.4. The summed E-state index contributed by atoms with van der Waals surface area (Å²) in [6.45, 7) is 14.4. The number of aliphatic imine (C=N–C) groups is 2. The first kappa shape index (κ1) is 14.2. The molecule has 104 valence electrons. The minimum atomic E-state index is 0.0667. The molecular weight excluding hydrogens is 236 g/mol. The van der Waals surface area contributed by atoms with E-state index in [1.165, 1.54) is 0 Å². The van der Waals surface area contributed by atoms with Gasteiger partial charge < -0.3 is 0 Å². The normalized spacial score (nSPS) is 33.6. The van der Waals surface area contributed by atoms with Crippen LogP contribution >= 0.6 is 0 Å². The summed E-state index contributed by atoms with van der Waals surface area (Å²) in [7, 11) is 0. The molecule has 2 aliphatic rings.